The SMILES string of the molecule is CCOC(=O)Nc1ccc2c(CN3CCCC3CN3CC(C)OC(C)C3)cc(=O)oc2c1. The summed E-state index contributed by atoms with van der Waals surface area (Å²) in [7, 11) is 0. The Hall–Kier alpha value is -2.42. The Morgan fingerprint density at radius 3 is 2.75 bits per heavy atom. The lowest BCUT2D eigenvalue weighted by molar-refractivity contribution is -0.0724. The van der Waals surface area contributed by atoms with Crippen molar-refractivity contribution in [1.82, 2.24) is 9.80 Å². The van der Waals surface area contributed by atoms with Crippen LogP contribution in [0.15, 0.2) is 33.5 Å². The maximum absolute atomic E-state index is 12.3. The van der Waals surface area contributed by atoms with Gasteiger partial charge in [0.1, 0.15) is 5.58 Å². The van der Waals surface area contributed by atoms with Crippen LogP contribution in [-0.4, -0.2) is 66.9 Å². The average Bonchev–Trinajstić information content (AvgIpc) is 3.13. The summed E-state index contributed by atoms with van der Waals surface area (Å²) in [6, 6.07) is 7.43. The Bertz CT molecular complexity index is 997. The number of ether oxygens (including phenoxy) is 2. The molecule has 0 radical (unpaired) electrons. The molecule has 1 aromatic heterocycles. The molecule has 0 aliphatic carbocycles. The zero-order valence-corrected chi connectivity index (χ0v) is 19.1. The maximum atomic E-state index is 12.3. The standard InChI is InChI=1S/C24H33N3O5/c1-4-30-24(29)25-19-7-8-21-18(10-23(28)32-22(21)11-19)14-27-9-5-6-20(27)15-26-12-16(2)31-17(3)13-26/h7-8,10-11,16-17,20H,4-6,9,12-15H2,1-3H3,(H,25,29). The largest absolute Gasteiger partial charge is 0.450 e. The number of anilines is 1. The monoisotopic (exact) mass is 443 g/mol. The first kappa shape index (κ1) is 22.8. The molecule has 0 saturated carbocycles. The molecule has 2 aliphatic rings. The Morgan fingerprint density at radius 1 is 1.22 bits per heavy atom. The van der Waals surface area contributed by atoms with E-state index < -0.39 is 6.09 Å². The Kier molecular flexibility index (Phi) is 7.13. The predicted molar refractivity (Wildman–Crippen MR) is 123 cm³/mol. The van der Waals surface area contributed by atoms with E-state index >= 15 is 0 Å². The number of nitrogens with one attached hydrogen (secondary N) is 1. The van der Waals surface area contributed by atoms with E-state index in [-0.39, 0.29) is 24.4 Å². The fourth-order valence-corrected chi connectivity index (χ4v) is 4.98. The summed E-state index contributed by atoms with van der Waals surface area (Å²) in [5.74, 6) is 0. The normalized spacial score (nSPS) is 24.7. The van der Waals surface area contributed by atoms with Gasteiger partial charge in [0.05, 0.1) is 18.8 Å². The second-order valence-corrected chi connectivity index (χ2v) is 8.89. The quantitative estimate of drug-likeness (QED) is 0.685. The van der Waals surface area contributed by atoms with E-state index in [9.17, 15) is 9.59 Å². The molecule has 32 heavy (non-hydrogen) atoms. The molecule has 0 spiro atoms. The molecule has 3 heterocycles. The lowest BCUT2D eigenvalue weighted by Gasteiger charge is -2.38. The molecule has 8 nitrogen and oxygen atoms in total. The highest BCUT2D eigenvalue weighted by Gasteiger charge is 2.30. The van der Waals surface area contributed by atoms with Gasteiger partial charge in [0, 0.05) is 55.4 Å². The van der Waals surface area contributed by atoms with E-state index in [1.165, 1.54) is 0 Å². The van der Waals surface area contributed by atoms with Gasteiger partial charge in [0.15, 0.2) is 0 Å². The van der Waals surface area contributed by atoms with E-state index in [1.54, 1.807) is 25.1 Å². The Labute approximate surface area is 188 Å². The summed E-state index contributed by atoms with van der Waals surface area (Å²) >= 11 is 0. The van der Waals surface area contributed by atoms with E-state index in [2.05, 4.69) is 29.0 Å². The zero-order valence-electron chi connectivity index (χ0n) is 19.1. The molecule has 1 aromatic carbocycles. The van der Waals surface area contributed by atoms with Crippen LogP contribution in [0.1, 0.15) is 39.2 Å². The fourth-order valence-electron chi connectivity index (χ4n) is 4.98. The summed E-state index contributed by atoms with van der Waals surface area (Å²) in [6.07, 6.45) is 2.31. The lowest BCUT2D eigenvalue weighted by atomic mass is 10.1. The highest BCUT2D eigenvalue weighted by molar-refractivity contribution is 5.89. The van der Waals surface area contributed by atoms with E-state index in [1.807, 2.05) is 6.07 Å². The van der Waals surface area contributed by atoms with Crippen LogP contribution in [0, 0.1) is 0 Å². The summed E-state index contributed by atoms with van der Waals surface area (Å²) < 4.78 is 16.2. The average molecular weight is 444 g/mol. The van der Waals surface area contributed by atoms with E-state index in [0.717, 1.165) is 50.0 Å². The van der Waals surface area contributed by atoms with E-state index in [4.69, 9.17) is 13.9 Å². The van der Waals surface area contributed by atoms with Crippen molar-refractivity contribution in [2.45, 2.75) is 58.4 Å². The number of morpholine rings is 1. The maximum Gasteiger partial charge on any atom is 0.411 e. The summed E-state index contributed by atoms with van der Waals surface area (Å²) in [6.45, 7) is 11.0. The fraction of sp³-hybridized carbons (Fsp3) is 0.583. The molecule has 1 N–H and O–H groups in total. The van der Waals surface area contributed by atoms with Crippen molar-refractivity contribution in [2.24, 2.45) is 0 Å². The second-order valence-electron chi connectivity index (χ2n) is 8.89. The van der Waals surface area contributed by atoms with Gasteiger partial charge >= 0.3 is 11.7 Å². The van der Waals surface area contributed by atoms with Crippen LogP contribution in [0.2, 0.25) is 0 Å². The predicted octanol–water partition coefficient (Wildman–Crippen LogP) is 3.44. The van der Waals surface area contributed by atoms with Gasteiger partial charge in [0.25, 0.3) is 0 Å². The number of nitrogens with zero attached hydrogens (tertiary/aromatic N) is 2. The van der Waals surface area contributed by atoms with Gasteiger partial charge in [0.2, 0.25) is 0 Å². The molecule has 3 atom stereocenters. The minimum atomic E-state index is -0.531. The van der Waals surface area contributed by atoms with Crippen LogP contribution in [0.3, 0.4) is 0 Å². The van der Waals surface area contributed by atoms with Gasteiger partial charge in [-0.05, 0) is 57.9 Å². The second kappa shape index (κ2) is 10.0. The van der Waals surface area contributed by atoms with Crippen molar-refractivity contribution in [3.63, 3.8) is 0 Å². The lowest BCUT2D eigenvalue weighted by Crippen LogP contribution is -2.50. The van der Waals surface area contributed by atoms with Crippen LogP contribution < -0.4 is 10.9 Å². The highest BCUT2D eigenvalue weighted by Crippen LogP contribution is 2.27. The number of amides is 1. The van der Waals surface area contributed by atoms with Crippen LogP contribution in [0.25, 0.3) is 11.0 Å². The van der Waals surface area contributed by atoms with Gasteiger partial charge in [-0.2, -0.15) is 0 Å². The number of benzene rings is 1. The van der Waals surface area contributed by atoms with Gasteiger partial charge in [-0.25, -0.2) is 9.59 Å². The van der Waals surface area contributed by atoms with Gasteiger partial charge in [-0.3, -0.25) is 15.1 Å². The number of carbonyl (C=O) groups excluding carboxylic acids is 1. The molecule has 0 bridgehead atoms. The molecule has 1 amide bonds. The molecule has 4 rings (SSSR count). The number of hydrogen-bond donors (Lipinski definition) is 1. The third kappa shape index (κ3) is 5.49. The van der Waals surface area contributed by atoms with Crippen LogP contribution in [0.5, 0.6) is 0 Å². The first-order valence-corrected chi connectivity index (χ1v) is 11.5. The number of rotatable bonds is 6. The topological polar surface area (TPSA) is 84.3 Å². The Morgan fingerprint density at radius 2 is 2.00 bits per heavy atom. The van der Waals surface area contributed by atoms with Gasteiger partial charge in [-0.1, -0.05) is 0 Å². The van der Waals surface area contributed by atoms with E-state index in [0.29, 0.717) is 23.9 Å². The minimum Gasteiger partial charge on any atom is -0.450 e. The van der Waals surface area contributed by atoms with Crippen LogP contribution in [0.4, 0.5) is 10.5 Å². The zero-order chi connectivity index (χ0) is 22.7. The highest BCUT2D eigenvalue weighted by atomic mass is 16.5. The molecule has 2 aliphatic heterocycles. The molecule has 174 valence electrons. The molecule has 8 heteroatoms. The van der Waals surface area contributed by atoms with Crippen molar-refractivity contribution in [1.29, 1.82) is 0 Å². The molecule has 2 saturated heterocycles. The third-order valence-electron chi connectivity index (χ3n) is 6.19. The van der Waals surface area contributed by atoms with Crippen molar-refractivity contribution < 1.29 is 18.7 Å². The van der Waals surface area contributed by atoms with Crippen molar-refractivity contribution in [3.8, 4) is 0 Å². The van der Waals surface area contributed by atoms with Crippen molar-refractivity contribution in [3.05, 3.63) is 40.2 Å². The molecular formula is C24H33N3O5. The smallest absolute Gasteiger partial charge is 0.411 e. The Balaban J connectivity index is 1.50. The first-order valence-electron chi connectivity index (χ1n) is 11.5. The number of likely N-dealkylation sites (tertiary alicyclic amines) is 1. The van der Waals surface area contributed by atoms with Gasteiger partial charge in [-0.15, -0.1) is 0 Å². The van der Waals surface area contributed by atoms with Gasteiger partial charge < -0.3 is 13.9 Å². The number of hydrogen-bond acceptors (Lipinski definition) is 7. The van der Waals surface area contributed by atoms with Crippen molar-refractivity contribution >= 4 is 22.7 Å². The number of carbonyl (C=O) groups is 1. The van der Waals surface area contributed by atoms with Crippen molar-refractivity contribution in [2.75, 3.05) is 38.1 Å². The van der Waals surface area contributed by atoms with Crippen LogP contribution >= 0.6 is 0 Å². The molecular weight excluding hydrogens is 410 g/mol. The summed E-state index contributed by atoms with van der Waals surface area (Å²) in [5, 5.41) is 3.54. The first-order chi connectivity index (χ1) is 15.4. The van der Waals surface area contributed by atoms with Crippen LogP contribution in [-0.2, 0) is 16.0 Å². The molecule has 2 fully saturated rings. The number of fused-ring (bicyclic) bond motifs is 1. The molecule has 2 aromatic rings. The summed E-state index contributed by atoms with van der Waals surface area (Å²) in [5.41, 5.74) is 1.57. The minimum absolute atomic E-state index is 0.258. The third-order valence-corrected chi connectivity index (χ3v) is 6.19. The molecule has 3 unspecified atom stereocenters. The summed E-state index contributed by atoms with van der Waals surface area (Å²) in [4.78, 5) is 29.0.